The Labute approximate surface area is 115 Å². The number of benzene rings is 1. The molecule has 6 nitrogen and oxygen atoms in total. The van der Waals surface area contributed by atoms with Gasteiger partial charge in [-0.25, -0.2) is 9.59 Å². The third kappa shape index (κ3) is 5.26. The Hall–Kier alpha value is -2.76. The summed E-state index contributed by atoms with van der Waals surface area (Å²) in [5.74, 6) is -1.26. The number of esters is 2. The lowest BCUT2D eigenvalue weighted by atomic mass is 10.3. The second-order valence-corrected chi connectivity index (χ2v) is 3.53. The van der Waals surface area contributed by atoms with Crippen LogP contribution in [0, 0.1) is 0 Å². The lowest BCUT2D eigenvalue weighted by Gasteiger charge is -2.09. The van der Waals surface area contributed by atoms with Gasteiger partial charge < -0.3 is 19.3 Å². The second kappa shape index (κ2) is 7.63. The van der Waals surface area contributed by atoms with Gasteiger partial charge in [-0.2, -0.15) is 0 Å². The number of rotatable bonds is 7. The fourth-order valence-electron chi connectivity index (χ4n) is 1.10. The number of hydrogen-bond acceptors (Lipinski definition) is 6. The van der Waals surface area contributed by atoms with Gasteiger partial charge in [0.1, 0.15) is 24.7 Å². The molecule has 0 aliphatic carbocycles. The van der Waals surface area contributed by atoms with E-state index < -0.39 is 11.9 Å². The summed E-state index contributed by atoms with van der Waals surface area (Å²) in [4.78, 5) is 22.3. The zero-order valence-electron chi connectivity index (χ0n) is 10.7. The van der Waals surface area contributed by atoms with Gasteiger partial charge in [0.05, 0.1) is 0 Å². The van der Waals surface area contributed by atoms with Crippen LogP contribution in [0.5, 0.6) is 11.5 Å². The van der Waals surface area contributed by atoms with Crippen molar-refractivity contribution in [2.24, 2.45) is 0 Å². The highest BCUT2D eigenvalue weighted by molar-refractivity contribution is 5.87. The maximum atomic E-state index is 11.5. The Morgan fingerprint density at radius 2 is 1.75 bits per heavy atom. The van der Waals surface area contributed by atoms with Gasteiger partial charge in [-0.05, 0) is 30.8 Å². The van der Waals surface area contributed by atoms with E-state index in [0.717, 1.165) is 6.08 Å². The molecule has 0 aliphatic rings. The monoisotopic (exact) mass is 278 g/mol. The third-order valence-electron chi connectivity index (χ3n) is 2.05. The fraction of sp³-hybridized carbons (Fsp3) is 0.143. The Balaban J connectivity index is 2.32. The molecular formula is C14H14O6. The number of carbonyl (C=O) groups excluding carboxylic acids is 2. The molecule has 1 rings (SSSR count). The van der Waals surface area contributed by atoms with Gasteiger partial charge in [0.25, 0.3) is 0 Å². The molecule has 0 heterocycles. The van der Waals surface area contributed by atoms with E-state index >= 15 is 0 Å². The van der Waals surface area contributed by atoms with Gasteiger partial charge in [0, 0.05) is 6.08 Å². The first-order valence-corrected chi connectivity index (χ1v) is 5.65. The van der Waals surface area contributed by atoms with Crippen LogP contribution in [0.3, 0.4) is 0 Å². The summed E-state index contributed by atoms with van der Waals surface area (Å²) in [5, 5.41) is 9.08. The summed E-state index contributed by atoms with van der Waals surface area (Å²) in [6.07, 6.45) is 1.02. The number of ether oxygens (including phenoxy) is 3. The van der Waals surface area contributed by atoms with Crippen molar-refractivity contribution in [3.8, 4) is 11.5 Å². The Bertz CT molecular complexity index is 503. The minimum Gasteiger partial charge on any atom is -0.508 e. The van der Waals surface area contributed by atoms with E-state index in [1.54, 1.807) is 0 Å². The minimum absolute atomic E-state index is 0.0247. The van der Waals surface area contributed by atoms with Crippen molar-refractivity contribution in [3.05, 3.63) is 49.3 Å². The van der Waals surface area contributed by atoms with Gasteiger partial charge in [0.2, 0.25) is 0 Å². The van der Waals surface area contributed by atoms with E-state index in [0.29, 0.717) is 0 Å². The first-order chi connectivity index (χ1) is 9.52. The molecule has 0 aliphatic heterocycles. The summed E-state index contributed by atoms with van der Waals surface area (Å²) in [6.45, 7) is 6.57. The van der Waals surface area contributed by atoms with Crippen molar-refractivity contribution in [3.63, 3.8) is 0 Å². The maximum absolute atomic E-state index is 11.5. The Kier molecular flexibility index (Phi) is 5.83. The normalized spacial score (nSPS) is 9.40. The van der Waals surface area contributed by atoms with E-state index in [-0.39, 0.29) is 30.5 Å². The lowest BCUT2D eigenvalue weighted by Crippen LogP contribution is -2.15. The van der Waals surface area contributed by atoms with Crippen LogP contribution in [0.2, 0.25) is 0 Å². The van der Waals surface area contributed by atoms with Crippen LogP contribution >= 0.6 is 0 Å². The van der Waals surface area contributed by atoms with Gasteiger partial charge in [-0.1, -0.05) is 6.58 Å². The molecule has 0 fully saturated rings. The van der Waals surface area contributed by atoms with E-state index in [4.69, 9.17) is 14.6 Å². The maximum Gasteiger partial charge on any atom is 0.378 e. The summed E-state index contributed by atoms with van der Waals surface area (Å²) in [6, 6.07) is 5.60. The van der Waals surface area contributed by atoms with Crippen LogP contribution in [-0.4, -0.2) is 30.3 Å². The molecule has 20 heavy (non-hydrogen) atoms. The number of aromatic hydroxyl groups is 1. The average Bonchev–Trinajstić information content (AvgIpc) is 2.45. The highest BCUT2D eigenvalue weighted by Crippen LogP contribution is 2.16. The molecule has 1 aromatic rings. The quantitative estimate of drug-likeness (QED) is 0.268. The van der Waals surface area contributed by atoms with Crippen molar-refractivity contribution in [1.82, 2.24) is 0 Å². The fourth-order valence-corrected chi connectivity index (χ4v) is 1.10. The number of phenols is 1. The zero-order valence-corrected chi connectivity index (χ0v) is 10.7. The first-order valence-electron chi connectivity index (χ1n) is 5.65. The molecule has 0 aromatic heterocycles. The zero-order chi connectivity index (χ0) is 15.0. The molecule has 1 aromatic carbocycles. The molecule has 6 heteroatoms. The van der Waals surface area contributed by atoms with E-state index in [9.17, 15) is 9.59 Å². The highest BCUT2D eigenvalue weighted by Gasteiger charge is 2.11. The average molecular weight is 278 g/mol. The van der Waals surface area contributed by atoms with Crippen molar-refractivity contribution in [2.75, 3.05) is 13.2 Å². The van der Waals surface area contributed by atoms with E-state index in [1.807, 2.05) is 0 Å². The van der Waals surface area contributed by atoms with E-state index in [1.165, 1.54) is 24.3 Å². The molecule has 0 saturated carbocycles. The standard InChI is InChI=1S/C14H14O6/c1-3-13(16)19-9-8-18-10(2)14(17)20-12-6-4-11(15)5-7-12/h3-7,15H,1-2,8-9H2. The van der Waals surface area contributed by atoms with Crippen molar-refractivity contribution >= 4 is 11.9 Å². The van der Waals surface area contributed by atoms with Crippen LogP contribution in [-0.2, 0) is 19.1 Å². The molecule has 0 unspecified atom stereocenters. The molecule has 1 N–H and O–H groups in total. The SMILES string of the molecule is C=CC(=O)OCCOC(=C)C(=O)Oc1ccc(O)cc1. The van der Waals surface area contributed by atoms with Gasteiger partial charge in [-0.3, -0.25) is 0 Å². The molecule has 0 atom stereocenters. The number of carbonyl (C=O) groups is 2. The molecule has 106 valence electrons. The molecule has 0 amide bonds. The molecular weight excluding hydrogens is 264 g/mol. The third-order valence-corrected chi connectivity index (χ3v) is 2.05. The summed E-state index contributed by atoms with van der Waals surface area (Å²) in [5.41, 5.74) is 0. The largest absolute Gasteiger partial charge is 0.508 e. The Morgan fingerprint density at radius 3 is 2.35 bits per heavy atom. The lowest BCUT2D eigenvalue weighted by molar-refractivity contribution is -0.139. The van der Waals surface area contributed by atoms with Crippen LogP contribution in [0.4, 0.5) is 0 Å². The summed E-state index contributed by atoms with van der Waals surface area (Å²) < 4.78 is 14.5. The first kappa shape index (κ1) is 15.3. The minimum atomic E-state index is -0.772. The van der Waals surface area contributed by atoms with Crippen molar-refractivity contribution < 1.29 is 28.9 Å². The van der Waals surface area contributed by atoms with Gasteiger partial charge in [-0.15, -0.1) is 0 Å². The van der Waals surface area contributed by atoms with Crippen LogP contribution in [0.25, 0.3) is 0 Å². The summed E-state index contributed by atoms with van der Waals surface area (Å²) in [7, 11) is 0. The molecule has 0 spiro atoms. The van der Waals surface area contributed by atoms with Gasteiger partial charge in [0.15, 0.2) is 5.76 Å². The van der Waals surface area contributed by atoms with Crippen LogP contribution in [0.15, 0.2) is 49.3 Å². The molecule has 0 radical (unpaired) electrons. The number of hydrogen-bond donors (Lipinski definition) is 1. The predicted molar refractivity (Wildman–Crippen MR) is 70.0 cm³/mol. The Morgan fingerprint density at radius 1 is 1.15 bits per heavy atom. The van der Waals surface area contributed by atoms with Crippen LogP contribution < -0.4 is 4.74 Å². The summed E-state index contributed by atoms with van der Waals surface area (Å²) >= 11 is 0. The topological polar surface area (TPSA) is 82.1 Å². The van der Waals surface area contributed by atoms with Gasteiger partial charge >= 0.3 is 11.9 Å². The smallest absolute Gasteiger partial charge is 0.378 e. The van der Waals surface area contributed by atoms with Crippen molar-refractivity contribution in [2.45, 2.75) is 0 Å². The van der Waals surface area contributed by atoms with E-state index in [2.05, 4.69) is 17.9 Å². The number of phenolic OH excluding ortho intramolecular Hbond substituents is 1. The van der Waals surface area contributed by atoms with Crippen molar-refractivity contribution in [1.29, 1.82) is 0 Å². The predicted octanol–water partition coefficient (Wildman–Crippen LogP) is 1.56. The highest BCUT2D eigenvalue weighted by atomic mass is 16.6. The molecule has 0 bridgehead atoms. The van der Waals surface area contributed by atoms with Crippen LogP contribution in [0.1, 0.15) is 0 Å². The molecule has 0 saturated heterocycles. The second-order valence-electron chi connectivity index (χ2n) is 3.53.